The van der Waals surface area contributed by atoms with Crippen LogP contribution in [0.25, 0.3) is 0 Å². The lowest BCUT2D eigenvalue weighted by Gasteiger charge is -2.18. The van der Waals surface area contributed by atoms with Gasteiger partial charge in [-0.3, -0.25) is 4.98 Å². The summed E-state index contributed by atoms with van der Waals surface area (Å²) in [5, 5.41) is 12.6. The van der Waals surface area contributed by atoms with Crippen LogP contribution in [0.5, 0.6) is 0 Å². The van der Waals surface area contributed by atoms with Gasteiger partial charge in [-0.25, -0.2) is 0 Å². The van der Waals surface area contributed by atoms with E-state index < -0.39 is 0 Å². The molecule has 1 unspecified atom stereocenters. The molecule has 3 heteroatoms. The van der Waals surface area contributed by atoms with E-state index in [1.54, 1.807) is 6.20 Å². The van der Waals surface area contributed by atoms with Crippen molar-refractivity contribution >= 4 is 0 Å². The topological polar surface area (TPSA) is 45.2 Å². The molecule has 1 atom stereocenters. The van der Waals surface area contributed by atoms with E-state index in [9.17, 15) is 5.11 Å². The molecule has 0 saturated carbocycles. The molecular formula is C11H14N2O. The van der Waals surface area contributed by atoms with Crippen LogP contribution in [0.1, 0.15) is 5.56 Å². The number of nitrogens with one attached hydrogen (secondary N) is 1. The fourth-order valence-corrected chi connectivity index (χ4v) is 1.66. The Labute approximate surface area is 83.5 Å². The van der Waals surface area contributed by atoms with Crippen molar-refractivity contribution in [3.63, 3.8) is 0 Å². The molecule has 14 heavy (non-hydrogen) atoms. The number of aliphatic hydroxyl groups excluding tert-OH is 1. The van der Waals surface area contributed by atoms with Crippen LogP contribution in [-0.2, 0) is 6.42 Å². The minimum Gasteiger partial charge on any atom is -0.388 e. The minimum atomic E-state index is -0.338. The van der Waals surface area contributed by atoms with Gasteiger partial charge in [-0.1, -0.05) is 17.7 Å². The molecule has 2 rings (SSSR count). The highest BCUT2D eigenvalue weighted by Gasteiger charge is 2.09. The first-order chi connectivity index (χ1) is 6.84. The van der Waals surface area contributed by atoms with Gasteiger partial charge in [0.15, 0.2) is 0 Å². The number of rotatable bonds is 2. The van der Waals surface area contributed by atoms with Crippen LogP contribution in [-0.4, -0.2) is 29.3 Å². The van der Waals surface area contributed by atoms with Crippen molar-refractivity contribution < 1.29 is 5.11 Å². The summed E-state index contributed by atoms with van der Waals surface area (Å²) >= 11 is 0. The number of β-amino-alcohol motifs (C(OH)–C–C–N with tert-alkyl or cyclic N) is 1. The smallest absolute Gasteiger partial charge is 0.0848 e. The van der Waals surface area contributed by atoms with E-state index in [2.05, 4.69) is 16.4 Å². The molecule has 0 spiro atoms. The molecule has 0 saturated heterocycles. The molecule has 1 aromatic rings. The van der Waals surface area contributed by atoms with Crippen LogP contribution in [0.3, 0.4) is 0 Å². The van der Waals surface area contributed by atoms with Gasteiger partial charge in [-0.2, -0.15) is 0 Å². The fourth-order valence-electron chi connectivity index (χ4n) is 1.66. The maximum atomic E-state index is 9.40. The largest absolute Gasteiger partial charge is 0.388 e. The van der Waals surface area contributed by atoms with E-state index >= 15 is 0 Å². The van der Waals surface area contributed by atoms with Crippen LogP contribution in [0.2, 0.25) is 0 Å². The first kappa shape index (κ1) is 9.37. The highest BCUT2D eigenvalue weighted by Crippen LogP contribution is 2.09. The van der Waals surface area contributed by atoms with Crippen LogP contribution in [0.4, 0.5) is 0 Å². The predicted molar refractivity (Wildman–Crippen MR) is 54.9 cm³/mol. The summed E-state index contributed by atoms with van der Waals surface area (Å²) < 4.78 is 0. The third-order valence-electron chi connectivity index (χ3n) is 2.29. The molecule has 74 valence electrons. The van der Waals surface area contributed by atoms with Gasteiger partial charge in [-0.15, -0.1) is 0 Å². The van der Waals surface area contributed by atoms with Crippen molar-refractivity contribution in [1.29, 1.82) is 0 Å². The Morgan fingerprint density at radius 1 is 1.57 bits per heavy atom. The fraction of sp³-hybridized carbons (Fsp3) is 0.364. The summed E-state index contributed by atoms with van der Waals surface area (Å²) in [6.45, 7) is 1.53. The Hall–Kier alpha value is -1.19. The summed E-state index contributed by atoms with van der Waals surface area (Å²) in [6, 6.07) is 3.98. The highest BCUT2D eigenvalue weighted by molar-refractivity contribution is 5.21. The third kappa shape index (κ3) is 2.40. The van der Waals surface area contributed by atoms with E-state index in [1.165, 1.54) is 11.1 Å². The lowest BCUT2D eigenvalue weighted by molar-refractivity contribution is 0.213. The molecule has 2 heterocycles. The van der Waals surface area contributed by atoms with E-state index in [0.717, 1.165) is 13.0 Å². The predicted octanol–water partition coefficient (Wildman–Crippen LogP) is 0.515. The molecule has 0 aliphatic carbocycles. The van der Waals surface area contributed by atoms with Crippen LogP contribution in [0, 0.1) is 0 Å². The van der Waals surface area contributed by atoms with Crippen molar-refractivity contribution in [2.45, 2.75) is 12.5 Å². The Morgan fingerprint density at radius 3 is 3.21 bits per heavy atom. The maximum absolute atomic E-state index is 9.40. The summed E-state index contributed by atoms with van der Waals surface area (Å²) in [6.07, 6.45) is 6.10. The standard InChI is InChI=1S/C11H14N2O/c14-11-5-10(7-13-8-11)4-9-2-1-3-12-6-9/h1-3,5-6,11,13-14H,4,7-8H2. The molecule has 0 amide bonds. The van der Waals surface area contributed by atoms with E-state index in [-0.39, 0.29) is 6.10 Å². The first-order valence-corrected chi connectivity index (χ1v) is 4.82. The van der Waals surface area contributed by atoms with Gasteiger partial charge in [0, 0.05) is 25.5 Å². The van der Waals surface area contributed by atoms with Gasteiger partial charge in [0.1, 0.15) is 0 Å². The molecular weight excluding hydrogens is 176 g/mol. The van der Waals surface area contributed by atoms with Crippen molar-refractivity contribution in [2.75, 3.05) is 13.1 Å². The van der Waals surface area contributed by atoms with Crippen molar-refractivity contribution in [3.05, 3.63) is 41.7 Å². The SMILES string of the molecule is OC1C=C(Cc2cccnc2)CNC1. The summed E-state index contributed by atoms with van der Waals surface area (Å²) in [5.74, 6) is 0. The van der Waals surface area contributed by atoms with Crippen molar-refractivity contribution in [3.8, 4) is 0 Å². The second-order valence-electron chi connectivity index (χ2n) is 3.56. The van der Waals surface area contributed by atoms with E-state index in [4.69, 9.17) is 0 Å². The van der Waals surface area contributed by atoms with Gasteiger partial charge in [0.2, 0.25) is 0 Å². The van der Waals surface area contributed by atoms with Gasteiger partial charge in [0.25, 0.3) is 0 Å². The van der Waals surface area contributed by atoms with E-state index in [0.29, 0.717) is 6.54 Å². The lowest BCUT2D eigenvalue weighted by Crippen LogP contribution is -2.32. The number of nitrogens with zero attached hydrogens (tertiary/aromatic N) is 1. The number of hydrogen-bond acceptors (Lipinski definition) is 3. The summed E-state index contributed by atoms with van der Waals surface area (Å²) in [4.78, 5) is 4.06. The Kier molecular flexibility index (Phi) is 2.91. The maximum Gasteiger partial charge on any atom is 0.0848 e. The zero-order valence-electron chi connectivity index (χ0n) is 7.98. The molecule has 0 aromatic carbocycles. The van der Waals surface area contributed by atoms with Crippen molar-refractivity contribution in [1.82, 2.24) is 10.3 Å². The van der Waals surface area contributed by atoms with Gasteiger partial charge in [0.05, 0.1) is 6.10 Å². The average Bonchev–Trinajstić information content (AvgIpc) is 2.19. The van der Waals surface area contributed by atoms with Crippen LogP contribution >= 0.6 is 0 Å². The van der Waals surface area contributed by atoms with Gasteiger partial charge >= 0.3 is 0 Å². The minimum absolute atomic E-state index is 0.338. The second kappa shape index (κ2) is 4.35. The molecule has 1 aliphatic heterocycles. The molecule has 3 nitrogen and oxygen atoms in total. The molecule has 0 radical (unpaired) electrons. The molecule has 2 N–H and O–H groups in total. The summed E-state index contributed by atoms with van der Waals surface area (Å²) in [7, 11) is 0. The molecule has 0 bridgehead atoms. The molecule has 1 aliphatic rings. The van der Waals surface area contributed by atoms with Crippen LogP contribution in [0.15, 0.2) is 36.2 Å². The Balaban J connectivity index is 2.04. The number of pyridine rings is 1. The number of hydrogen-bond donors (Lipinski definition) is 2. The van der Waals surface area contributed by atoms with Crippen LogP contribution < -0.4 is 5.32 Å². The summed E-state index contributed by atoms with van der Waals surface area (Å²) in [5.41, 5.74) is 2.42. The zero-order valence-corrected chi connectivity index (χ0v) is 7.98. The molecule has 1 aromatic heterocycles. The first-order valence-electron chi connectivity index (χ1n) is 4.82. The van der Waals surface area contributed by atoms with Gasteiger partial charge < -0.3 is 10.4 Å². The third-order valence-corrected chi connectivity index (χ3v) is 2.29. The highest BCUT2D eigenvalue weighted by atomic mass is 16.3. The Bertz CT molecular complexity index is 321. The second-order valence-corrected chi connectivity index (χ2v) is 3.56. The quantitative estimate of drug-likeness (QED) is 0.668. The van der Waals surface area contributed by atoms with E-state index in [1.807, 2.05) is 18.3 Å². The monoisotopic (exact) mass is 190 g/mol. The molecule has 0 fully saturated rings. The normalized spacial score (nSPS) is 21.8. The number of aliphatic hydroxyl groups is 1. The average molecular weight is 190 g/mol. The van der Waals surface area contributed by atoms with Crippen molar-refractivity contribution in [2.24, 2.45) is 0 Å². The zero-order chi connectivity index (χ0) is 9.80. The van der Waals surface area contributed by atoms with Gasteiger partial charge in [-0.05, 0) is 18.1 Å². The number of aromatic nitrogens is 1. The Morgan fingerprint density at radius 2 is 2.50 bits per heavy atom. The lowest BCUT2D eigenvalue weighted by atomic mass is 10.0.